The zero-order valence-electron chi connectivity index (χ0n) is 12.5. The van der Waals surface area contributed by atoms with E-state index in [2.05, 4.69) is 31.3 Å². The van der Waals surface area contributed by atoms with Crippen LogP contribution in [0.3, 0.4) is 0 Å². The van der Waals surface area contributed by atoms with Crippen LogP contribution in [0.15, 0.2) is 18.2 Å². The number of rotatable bonds is 7. The molecule has 1 atom stereocenters. The van der Waals surface area contributed by atoms with E-state index in [-0.39, 0.29) is 0 Å². The molecule has 0 amide bonds. The number of nitrogens with one attached hydrogen (secondary N) is 1. The van der Waals surface area contributed by atoms with E-state index in [9.17, 15) is 0 Å². The lowest BCUT2D eigenvalue weighted by Gasteiger charge is -2.20. The standard InChI is InChI=1S/C16H25NO2/c1-12(16(2)8-9-16)17-10-7-13-5-6-14(18-3)15(11-13)19-4/h5-6,11-12,17H,7-10H2,1-4H3. The van der Waals surface area contributed by atoms with E-state index in [0.29, 0.717) is 11.5 Å². The molecule has 1 N–H and O–H groups in total. The second-order valence-corrected chi connectivity index (χ2v) is 5.77. The van der Waals surface area contributed by atoms with Crippen molar-refractivity contribution in [3.8, 4) is 11.5 Å². The first kappa shape index (κ1) is 14.2. The van der Waals surface area contributed by atoms with Gasteiger partial charge >= 0.3 is 0 Å². The van der Waals surface area contributed by atoms with Gasteiger partial charge in [-0.3, -0.25) is 0 Å². The Morgan fingerprint density at radius 3 is 2.47 bits per heavy atom. The number of hydrogen-bond acceptors (Lipinski definition) is 3. The van der Waals surface area contributed by atoms with Gasteiger partial charge in [0, 0.05) is 6.04 Å². The van der Waals surface area contributed by atoms with Gasteiger partial charge in [0.05, 0.1) is 14.2 Å². The van der Waals surface area contributed by atoms with Crippen LogP contribution >= 0.6 is 0 Å². The van der Waals surface area contributed by atoms with Crippen LogP contribution in [0.5, 0.6) is 11.5 Å². The molecule has 106 valence electrons. The molecule has 2 rings (SSSR count). The number of hydrogen-bond donors (Lipinski definition) is 1. The molecule has 19 heavy (non-hydrogen) atoms. The fourth-order valence-electron chi connectivity index (χ4n) is 2.35. The smallest absolute Gasteiger partial charge is 0.160 e. The molecule has 0 radical (unpaired) electrons. The third-order valence-electron chi connectivity index (χ3n) is 4.40. The molecule has 0 aromatic heterocycles. The average Bonchev–Trinajstić information content (AvgIpc) is 3.17. The summed E-state index contributed by atoms with van der Waals surface area (Å²) in [6.07, 6.45) is 3.73. The molecule has 0 bridgehead atoms. The van der Waals surface area contributed by atoms with Crippen LogP contribution in [0, 0.1) is 5.41 Å². The summed E-state index contributed by atoms with van der Waals surface area (Å²) in [6.45, 7) is 5.66. The van der Waals surface area contributed by atoms with Crippen molar-refractivity contribution in [1.29, 1.82) is 0 Å². The summed E-state index contributed by atoms with van der Waals surface area (Å²) in [5.41, 5.74) is 1.82. The Hall–Kier alpha value is -1.22. The lowest BCUT2D eigenvalue weighted by Crippen LogP contribution is -2.34. The first-order chi connectivity index (χ1) is 9.09. The number of benzene rings is 1. The van der Waals surface area contributed by atoms with Gasteiger partial charge in [-0.2, -0.15) is 0 Å². The van der Waals surface area contributed by atoms with E-state index in [1.54, 1.807) is 14.2 Å². The highest BCUT2D eigenvalue weighted by Gasteiger charge is 2.41. The van der Waals surface area contributed by atoms with Crippen molar-refractivity contribution < 1.29 is 9.47 Å². The second-order valence-electron chi connectivity index (χ2n) is 5.77. The van der Waals surface area contributed by atoms with E-state index in [0.717, 1.165) is 24.5 Å². The maximum absolute atomic E-state index is 5.32. The minimum Gasteiger partial charge on any atom is -0.493 e. The van der Waals surface area contributed by atoms with Crippen molar-refractivity contribution in [2.24, 2.45) is 5.41 Å². The van der Waals surface area contributed by atoms with E-state index in [1.165, 1.54) is 18.4 Å². The van der Waals surface area contributed by atoms with Crippen molar-refractivity contribution in [3.63, 3.8) is 0 Å². The minimum atomic E-state index is 0.539. The van der Waals surface area contributed by atoms with Crippen LogP contribution in [-0.4, -0.2) is 26.8 Å². The van der Waals surface area contributed by atoms with Gasteiger partial charge in [-0.1, -0.05) is 13.0 Å². The van der Waals surface area contributed by atoms with Gasteiger partial charge in [0.25, 0.3) is 0 Å². The van der Waals surface area contributed by atoms with Crippen molar-refractivity contribution >= 4 is 0 Å². The van der Waals surface area contributed by atoms with Crippen LogP contribution in [0.2, 0.25) is 0 Å². The predicted molar refractivity (Wildman–Crippen MR) is 78.1 cm³/mol. The number of methoxy groups -OCH3 is 2. The molecule has 1 saturated carbocycles. The second kappa shape index (κ2) is 5.83. The summed E-state index contributed by atoms with van der Waals surface area (Å²) in [4.78, 5) is 0. The molecule has 1 unspecified atom stereocenters. The monoisotopic (exact) mass is 263 g/mol. The summed E-state index contributed by atoms with van der Waals surface area (Å²) in [5, 5.41) is 3.63. The molecule has 1 aromatic carbocycles. The summed E-state index contributed by atoms with van der Waals surface area (Å²) < 4.78 is 10.6. The third kappa shape index (κ3) is 3.41. The minimum absolute atomic E-state index is 0.539. The summed E-state index contributed by atoms with van der Waals surface area (Å²) in [6, 6.07) is 6.74. The Kier molecular flexibility index (Phi) is 4.35. The first-order valence-electron chi connectivity index (χ1n) is 7.03. The lowest BCUT2D eigenvalue weighted by molar-refractivity contribution is 0.354. The van der Waals surface area contributed by atoms with Crippen molar-refractivity contribution in [2.45, 2.75) is 39.2 Å². The Morgan fingerprint density at radius 1 is 1.21 bits per heavy atom. The van der Waals surface area contributed by atoms with E-state index in [4.69, 9.17) is 9.47 Å². The maximum atomic E-state index is 5.32. The molecule has 1 aromatic rings. The molecule has 1 aliphatic rings. The van der Waals surface area contributed by atoms with Crippen molar-refractivity contribution in [1.82, 2.24) is 5.32 Å². The summed E-state index contributed by atoms with van der Waals surface area (Å²) in [7, 11) is 3.34. The Bertz CT molecular complexity index is 427. The largest absolute Gasteiger partial charge is 0.493 e. The predicted octanol–water partition coefficient (Wildman–Crippen LogP) is 3.02. The first-order valence-corrected chi connectivity index (χ1v) is 7.03. The van der Waals surface area contributed by atoms with Crippen LogP contribution in [-0.2, 0) is 6.42 Å². The highest BCUT2D eigenvalue weighted by molar-refractivity contribution is 5.42. The molecule has 3 nitrogen and oxygen atoms in total. The van der Waals surface area contributed by atoms with Gasteiger partial charge in [0.1, 0.15) is 0 Å². The Morgan fingerprint density at radius 2 is 1.89 bits per heavy atom. The highest BCUT2D eigenvalue weighted by Crippen LogP contribution is 2.47. The van der Waals surface area contributed by atoms with Crippen LogP contribution in [0.25, 0.3) is 0 Å². The summed E-state index contributed by atoms with van der Waals surface area (Å²) in [5.74, 6) is 1.60. The zero-order chi connectivity index (χ0) is 13.9. The van der Waals surface area contributed by atoms with Gasteiger partial charge in [-0.25, -0.2) is 0 Å². The van der Waals surface area contributed by atoms with Gasteiger partial charge in [-0.15, -0.1) is 0 Å². The quantitative estimate of drug-likeness (QED) is 0.820. The van der Waals surface area contributed by atoms with Crippen molar-refractivity contribution in [3.05, 3.63) is 23.8 Å². The van der Waals surface area contributed by atoms with Crippen LogP contribution < -0.4 is 14.8 Å². The van der Waals surface area contributed by atoms with E-state index < -0.39 is 0 Å². The average molecular weight is 263 g/mol. The molecular formula is C16H25NO2. The van der Waals surface area contributed by atoms with E-state index >= 15 is 0 Å². The molecule has 0 spiro atoms. The van der Waals surface area contributed by atoms with Gasteiger partial charge < -0.3 is 14.8 Å². The molecule has 0 aliphatic heterocycles. The van der Waals surface area contributed by atoms with Gasteiger partial charge in [0.15, 0.2) is 11.5 Å². The zero-order valence-corrected chi connectivity index (χ0v) is 12.5. The van der Waals surface area contributed by atoms with Crippen molar-refractivity contribution in [2.75, 3.05) is 20.8 Å². The molecule has 1 aliphatic carbocycles. The summed E-state index contributed by atoms with van der Waals surface area (Å²) >= 11 is 0. The van der Waals surface area contributed by atoms with Crippen LogP contribution in [0.4, 0.5) is 0 Å². The number of ether oxygens (including phenoxy) is 2. The molecule has 1 fully saturated rings. The molecule has 3 heteroatoms. The van der Waals surface area contributed by atoms with Gasteiger partial charge in [-0.05, 0) is 55.8 Å². The third-order valence-corrected chi connectivity index (χ3v) is 4.40. The normalized spacial score (nSPS) is 17.9. The van der Waals surface area contributed by atoms with Gasteiger partial charge in [0.2, 0.25) is 0 Å². The lowest BCUT2D eigenvalue weighted by atomic mass is 10.0. The maximum Gasteiger partial charge on any atom is 0.160 e. The SMILES string of the molecule is COc1ccc(CCNC(C)C2(C)CC2)cc1OC. The highest BCUT2D eigenvalue weighted by atomic mass is 16.5. The molecule has 0 heterocycles. The Balaban J connectivity index is 1.85. The Labute approximate surface area is 116 Å². The van der Waals surface area contributed by atoms with E-state index in [1.807, 2.05) is 6.07 Å². The fraction of sp³-hybridized carbons (Fsp3) is 0.625. The molecule has 0 saturated heterocycles. The van der Waals surface area contributed by atoms with Crippen LogP contribution in [0.1, 0.15) is 32.3 Å². The fourth-order valence-corrected chi connectivity index (χ4v) is 2.35. The molecular weight excluding hydrogens is 238 g/mol. The topological polar surface area (TPSA) is 30.5 Å².